The van der Waals surface area contributed by atoms with Gasteiger partial charge in [0.25, 0.3) is 11.8 Å². The Morgan fingerprint density at radius 2 is 1.90 bits per heavy atom. The van der Waals surface area contributed by atoms with Gasteiger partial charge in [-0.3, -0.25) is 14.7 Å². The molecule has 0 radical (unpaired) electrons. The highest BCUT2D eigenvalue weighted by Crippen LogP contribution is 2.31. The molecule has 1 atom stereocenters. The van der Waals surface area contributed by atoms with Gasteiger partial charge in [-0.15, -0.1) is 0 Å². The normalized spacial score (nSPS) is 16.4. The van der Waals surface area contributed by atoms with Gasteiger partial charge in [0.1, 0.15) is 0 Å². The number of aryl methyl sites for hydroxylation is 1. The molecule has 0 bridgehead atoms. The van der Waals surface area contributed by atoms with E-state index in [2.05, 4.69) is 15.5 Å². The maximum Gasteiger partial charge on any atom is 0.255 e. The van der Waals surface area contributed by atoms with Gasteiger partial charge in [-0.1, -0.05) is 35.9 Å². The quantitative estimate of drug-likeness (QED) is 0.709. The predicted octanol–water partition coefficient (Wildman–Crippen LogP) is 3.99. The fourth-order valence-corrected chi connectivity index (χ4v) is 3.85. The molecule has 1 saturated heterocycles. The third-order valence-electron chi connectivity index (χ3n) is 5.33. The van der Waals surface area contributed by atoms with E-state index in [9.17, 15) is 9.59 Å². The molecule has 1 unspecified atom stereocenters. The Hall–Kier alpha value is -3.41. The molecule has 2 N–H and O–H groups in total. The van der Waals surface area contributed by atoms with Gasteiger partial charge >= 0.3 is 0 Å². The first-order valence-corrected chi connectivity index (χ1v) is 9.87. The van der Waals surface area contributed by atoms with Gasteiger partial charge in [0.15, 0.2) is 0 Å². The average molecular weight is 388 g/mol. The number of benzene rings is 2. The van der Waals surface area contributed by atoms with Crippen molar-refractivity contribution in [3.8, 4) is 0 Å². The number of amides is 2. The molecule has 2 heterocycles. The van der Waals surface area contributed by atoms with Crippen LogP contribution in [0, 0.1) is 6.92 Å². The molecule has 1 fully saturated rings. The topological polar surface area (TPSA) is 78.1 Å². The van der Waals surface area contributed by atoms with E-state index >= 15 is 0 Å². The second-order valence-corrected chi connectivity index (χ2v) is 7.48. The highest BCUT2D eigenvalue weighted by molar-refractivity contribution is 6.04. The fourth-order valence-electron chi connectivity index (χ4n) is 3.85. The van der Waals surface area contributed by atoms with Crippen LogP contribution in [-0.2, 0) is 0 Å². The lowest BCUT2D eigenvalue weighted by molar-refractivity contribution is 0.0705. The van der Waals surface area contributed by atoms with Crippen LogP contribution in [0.25, 0.3) is 0 Å². The number of nitrogens with one attached hydrogen (secondary N) is 2. The molecule has 29 heavy (non-hydrogen) atoms. The summed E-state index contributed by atoms with van der Waals surface area (Å²) in [4.78, 5) is 27.4. The van der Waals surface area contributed by atoms with Crippen molar-refractivity contribution in [1.29, 1.82) is 0 Å². The monoisotopic (exact) mass is 388 g/mol. The fraction of sp³-hybridized carbons (Fsp3) is 0.261. The van der Waals surface area contributed by atoms with E-state index in [1.54, 1.807) is 18.3 Å². The van der Waals surface area contributed by atoms with Crippen LogP contribution in [0.4, 0.5) is 5.69 Å². The predicted molar refractivity (Wildman–Crippen MR) is 112 cm³/mol. The zero-order chi connectivity index (χ0) is 20.2. The first kappa shape index (κ1) is 18.9. The highest BCUT2D eigenvalue weighted by Gasteiger charge is 2.28. The van der Waals surface area contributed by atoms with Gasteiger partial charge in [0.2, 0.25) is 0 Å². The zero-order valence-electron chi connectivity index (χ0n) is 16.4. The Labute approximate surface area is 169 Å². The van der Waals surface area contributed by atoms with Crippen molar-refractivity contribution < 1.29 is 9.59 Å². The van der Waals surface area contributed by atoms with E-state index in [-0.39, 0.29) is 17.7 Å². The Morgan fingerprint density at radius 1 is 1.10 bits per heavy atom. The minimum absolute atomic E-state index is 0.0489. The number of aromatic amines is 1. The van der Waals surface area contributed by atoms with Crippen LogP contribution >= 0.6 is 0 Å². The number of carbonyl (C=O) groups is 2. The van der Waals surface area contributed by atoms with Crippen molar-refractivity contribution in [2.45, 2.75) is 25.7 Å². The number of aromatic nitrogens is 2. The smallest absolute Gasteiger partial charge is 0.255 e. The molecule has 0 aliphatic carbocycles. The Bertz CT molecular complexity index is 1010. The first-order chi connectivity index (χ1) is 14.1. The SMILES string of the molecule is Cc1cccc(C(=O)N2CCCC(c3[nH]ncc3NC(=O)c3ccccc3)C2)c1. The van der Waals surface area contributed by atoms with Crippen molar-refractivity contribution in [2.24, 2.45) is 0 Å². The Kier molecular flexibility index (Phi) is 5.42. The average Bonchev–Trinajstić information content (AvgIpc) is 3.22. The van der Waals surface area contributed by atoms with Gasteiger partial charge < -0.3 is 10.2 Å². The van der Waals surface area contributed by atoms with E-state index in [1.165, 1.54) is 0 Å². The van der Waals surface area contributed by atoms with Crippen LogP contribution in [0.1, 0.15) is 50.7 Å². The minimum atomic E-state index is -0.170. The van der Waals surface area contributed by atoms with Crippen molar-refractivity contribution in [3.05, 3.63) is 83.2 Å². The summed E-state index contributed by atoms with van der Waals surface area (Å²) in [5.41, 5.74) is 3.93. The molecule has 6 heteroatoms. The number of nitrogens with zero attached hydrogens (tertiary/aromatic N) is 2. The molecule has 4 rings (SSSR count). The second-order valence-electron chi connectivity index (χ2n) is 7.48. The van der Waals surface area contributed by atoms with Crippen molar-refractivity contribution >= 4 is 17.5 Å². The molecule has 148 valence electrons. The number of likely N-dealkylation sites (tertiary alicyclic amines) is 1. The Balaban J connectivity index is 1.49. The largest absolute Gasteiger partial charge is 0.338 e. The maximum absolute atomic E-state index is 12.9. The van der Waals surface area contributed by atoms with Gasteiger partial charge in [-0.2, -0.15) is 5.10 Å². The van der Waals surface area contributed by atoms with Crippen molar-refractivity contribution in [1.82, 2.24) is 15.1 Å². The second kappa shape index (κ2) is 8.31. The van der Waals surface area contributed by atoms with Gasteiger partial charge in [-0.05, 0) is 44.0 Å². The van der Waals surface area contributed by atoms with Crippen LogP contribution in [0.2, 0.25) is 0 Å². The number of hydrogen-bond acceptors (Lipinski definition) is 3. The molecular weight excluding hydrogens is 364 g/mol. The molecule has 0 spiro atoms. The molecule has 0 saturated carbocycles. The lowest BCUT2D eigenvalue weighted by Gasteiger charge is -2.32. The maximum atomic E-state index is 12.9. The molecule has 6 nitrogen and oxygen atoms in total. The third-order valence-corrected chi connectivity index (χ3v) is 5.33. The summed E-state index contributed by atoms with van der Waals surface area (Å²) < 4.78 is 0. The Morgan fingerprint density at radius 3 is 2.69 bits per heavy atom. The molecule has 1 aliphatic rings. The molecular formula is C23H24N4O2. The number of rotatable bonds is 4. The van der Waals surface area contributed by atoms with Gasteiger partial charge in [0.05, 0.1) is 17.6 Å². The van der Waals surface area contributed by atoms with E-state index in [1.807, 2.05) is 54.3 Å². The summed E-state index contributed by atoms with van der Waals surface area (Å²) in [5, 5.41) is 10.1. The molecule has 2 amide bonds. The van der Waals surface area contributed by atoms with Gasteiger partial charge in [0, 0.05) is 30.1 Å². The summed E-state index contributed by atoms with van der Waals surface area (Å²) in [6.07, 6.45) is 3.48. The number of hydrogen-bond donors (Lipinski definition) is 2. The number of piperidine rings is 1. The number of anilines is 1. The van der Waals surface area contributed by atoms with E-state index in [0.717, 1.165) is 30.6 Å². The minimum Gasteiger partial charge on any atom is -0.338 e. The highest BCUT2D eigenvalue weighted by atomic mass is 16.2. The third kappa shape index (κ3) is 4.21. The van der Waals surface area contributed by atoms with E-state index in [4.69, 9.17) is 0 Å². The first-order valence-electron chi connectivity index (χ1n) is 9.87. The van der Waals surface area contributed by atoms with E-state index in [0.29, 0.717) is 23.4 Å². The molecule has 1 aromatic heterocycles. The summed E-state index contributed by atoms with van der Waals surface area (Å²) in [6.45, 7) is 3.33. The lowest BCUT2D eigenvalue weighted by atomic mass is 9.93. The van der Waals surface area contributed by atoms with Crippen LogP contribution in [-0.4, -0.2) is 40.0 Å². The zero-order valence-corrected chi connectivity index (χ0v) is 16.4. The summed E-state index contributed by atoms with van der Waals surface area (Å²) in [7, 11) is 0. The van der Waals surface area contributed by atoms with Crippen molar-refractivity contribution in [3.63, 3.8) is 0 Å². The van der Waals surface area contributed by atoms with E-state index < -0.39 is 0 Å². The number of carbonyl (C=O) groups excluding carboxylic acids is 2. The van der Waals surface area contributed by atoms with Gasteiger partial charge in [-0.25, -0.2) is 0 Å². The van der Waals surface area contributed by atoms with Crippen LogP contribution in [0.5, 0.6) is 0 Å². The van der Waals surface area contributed by atoms with Crippen LogP contribution in [0.3, 0.4) is 0 Å². The summed E-state index contributed by atoms with van der Waals surface area (Å²) in [6, 6.07) is 16.8. The summed E-state index contributed by atoms with van der Waals surface area (Å²) >= 11 is 0. The molecule has 3 aromatic rings. The number of H-pyrrole nitrogens is 1. The summed E-state index contributed by atoms with van der Waals surface area (Å²) in [5.74, 6) is -0.0179. The standard InChI is InChI=1S/C23H24N4O2/c1-16-7-5-10-18(13-16)23(29)27-12-6-11-19(15-27)21-20(14-24-26-21)25-22(28)17-8-3-2-4-9-17/h2-5,7-10,13-14,19H,6,11-12,15H2,1H3,(H,24,26)(H,25,28). The van der Waals surface area contributed by atoms with Crippen LogP contribution < -0.4 is 5.32 Å². The lowest BCUT2D eigenvalue weighted by Crippen LogP contribution is -2.39. The van der Waals surface area contributed by atoms with Crippen molar-refractivity contribution in [2.75, 3.05) is 18.4 Å². The van der Waals surface area contributed by atoms with Crippen LogP contribution in [0.15, 0.2) is 60.8 Å². The molecule has 2 aromatic carbocycles. The molecule has 1 aliphatic heterocycles.